The third kappa shape index (κ3) is 2.41. The summed E-state index contributed by atoms with van der Waals surface area (Å²) in [4.78, 5) is 11.0. The Balaban J connectivity index is 2.33. The molecule has 0 aliphatic carbocycles. The van der Waals surface area contributed by atoms with E-state index in [1.165, 1.54) is 17.3 Å². The molecule has 0 aliphatic heterocycles. The number of amides is 1. The van der Waals surface area contributed by atoms with Gasteiger partial charge in [0.25, 0.3) is 5.91 Å². The van der Waals surface area contributed by atoms with Crippen LogP contribution in [0.3, 0.4) is 0 Å². The zero-order chi connectivity index (χ0) is 13.1. The summed E-state index contributed by atoms with van der Waals surface area (Å²) in [6.07, 6.45) is 3.11. The Labute approximate surface area is 106 Å². The maximum atomic E-state index is 11.0. The summed E-state index contributed by atoms with van der Waals surface area (Å²) in [6, 6.07) is 6.05. The Morgan fingerprint density at radius 3 is 2.83 bits per heavy atom. The van der Waals surface area contributed by atoms with E-state index >= 15 is 0 Å². The number of aryl methyl sites for hydroxylation is 1. The third-order valence-electron chi connectivity index (χ3n) is 2.83. The van der Waals surface area contributed by atoms with Gasteiger partial charge in [-0.15, -0.1) is 0 Å². The molecule has 18 heavy (non-hydrogen) atoms. The third-order valence-corrected chi connectivity index (χ3v) is 2.83. The van der Waals surface area contributed by atoms with Crippen LogP contribution in [0.15, 0.2) is 30.6 Å². The van der Waals surface area contributed by atoms with Crippen LogP contribution < -0.4 is 11.1 Å². The Hall–Kier alpha value is -2.14. The molecular weight excluding hydrogens is 228 g/mol. The van der Waals surface area contributed by atoms with E-state index in [0.717, 1.165) is 12.2 Å². The lowest BCUT2D eigenvalue weighted by atomic mass is 10.1. The van der Waals surface area contributed by atoms with E-state index in [-0.39, 0.29) is 0 Å². The second-order valence-electron chi connectivity index (χ2n) is 4.18. The highest BCUT2D eigenvalue weighted by molar-refractivity contribution is 5.92. The molecule has 0 fully saturated rings. The molecule has 0 saturated carbocycles. The molecule has 0 spiro atoms. The van der Waals surface area contributed by atoms with Gasteiger partial charge in [-0.25, -0.2) is 4.68 Å². The molecule has 0 aliphatic rings. The van der Waals surface area contributed by atoms with Crippen LogP contribution in [0, 0.1) is 6.92 Å². The SMILES string of the molecule is CNCc1ccc(-n2cc(C(N)=O)cn2)cc1C. The van der Waals surface area contributed by atoms with Crippen molar-refractivity contribution in [1.29, 1.82) is 0 Å². The summed E-state index contributed by atoms with van der Waals surface area (Å²) in [5.74, 6) is -0.468. The summed E-state index contributed by atoms with van der Waals surface area (Å²) in [6.45, 7) is 2.88. The van der Waals surface area contributed by atoms with E-state index < -0.39 is 5.91 Å². The average molecular weight is 244 g/mol. The van der Waals surface area contributed by atoms with Crippen molar-refractivity contribution < 1.29 is 4.79 Å². The number of primary amides is 1. The number of carbonyl (C=O) groups excluding carboxylic acids is 1. The number of carbonyl (C=O) groups is 1. The smallest absolute Gasteiger partial charge is 0.251 e. The van der Waals surface area contributed by atoms with Crippen molar-refractivity contribution in [2.45, 2.75) is 13.5 Å². The van der Waals surface area contributed by atoms with E-state index in [2.05, 4.69) is 17.3 Å². The Kier molecular flexibility index (Phi) is 3.43. The lowest BCUT2D eigenvalue weighted by molar-refractivity contribution is 0.100. The van der Waals surface area contributed by atoms with Gasteiger partial charge in [0.1, 0.15) is 0 Å². The number of nitrogens with two attached hydrogens (primary N) is 1. The quantitative estimate of drug-likeness (QED) is 0.842. The topological polar surface area (TPSA) is 72.9 Å². The lowest BCUT2D eigenvalue weighted by Crippen LogP contribution is -2.09. The van der Waals surface area contributed by atoms with Crippen LogP contribution in [0.1, 0.15) is 21.5 Å². The van der Waals surface area contributed by atoms with Crippen molar-refractivity contribution >= 4 is 5.91 Å². The van der Waals surface area contributed by atoms with Crippen LogP contribution in [-0.4, -0.2) is 22.7 Å². The zero-order valence-corrected chi connectivity index (χ0v) is 10.5. The molecule has 1 amide bonds. The molecule has 2 aromatic rings. The maximum Gasteiger partial charge on any atom is 0.251 e. The molecule has 1 heterocycles. The van der Waals surface area contributed by atoms with Gasteiger partial charge in [0.15, 0.2) is 0 Å². The van der Waals surface area contributed by atoms with Gasteiger partial charge in [-0.05, 0) is 37.2 Å². The summed E-state index contributed by atoms with van der Waals surface area (Å²) in [5, 5.41) is 7.24. The van der Waals surface area contributed by atoms with Gasteiger partial charge < -0.3 is 11.1 Å². The predicted octanol–water partition coefficient (Wildman–Crippen LogP) is 0.999. The Morgan fingerprint density at radius 1 is 1.50 bits per heavy atom. The normalized spacial score (nSPS) is 10.6. The van der Waals surface area contributed by atoms with Crippen molar-refractivity contribution in [2.24, 2.45) is 5.73 Å². The number of nitrogens with zero attached hydrogens (tertiary/aromatic N) is 2. The second-order valence-corrected chi connectivity index (χ2v) is 4.18. The maximum absolute atomic E-state index is 11.0. The second kappa shape index (κ2) is 5.01. The Bertz CT molecular complexity index is 574. The number of rotatable bonds is 4. The van der Waals surface area contributed by atoms with Gasteiger partial charge >= 0.3 is 0 Å². The van der Waals surface area contributed by atoms with Crippen LogP contribution in [-0.2, 0) is 6.54 Å². The van der Waals surface area contributed by atoms with Crippen LogP contribution in [0.5, 0.6) is 0 Å². The molecule has 94 valence electrons. The van der Waals surface area contributed by atoms with E-state index in [9.17, 15) is 4.79 Å². The molecule has 0 unspecified atom stereocenters. The van der Waals surface area contributed by atoms with Gasteiger partial charge in [-0.2, -0.15) is 5.10 Å². The van der Waals surface area contributed by atoms with Crippen molar-refractivity contribution in [3.05, 3.63) is 47.3 Å². The highest BCUT2D eigenvalue weighted by Crippen LogP contribution is 2.14. The fourth-order valence-electron chi connectivity index (χ4n) is 1.80. The molecule has 5 nitrogen and oxygen atoms in total. The average Bonchev–Trinajstić information content (AvgIpc) is 2.81. The molecule has 1 aromatic carbocycles. The summed E-state index contributed by atoms with van der Waals surface area (Å²) in [7, 11) is 1.92. The van der Waals surface area contributed by atoms with Crippen LogP contribution in [0.4, 0.5) is 0 Å². The monoisotopic (exact) mass is 244 g/mol. The Morgan fingerprint density at radius 2 is 2.28 bits per heavy atom. The first-order valence-corrected chi connectivity index (χ1v) is 5.71. The van der Waals surface area contributed by atoms with Crippen LogP contribution >= 0.6 is 0 Å². The minimum atomic E-state index is -0.468. The van der Waals surface area contributed by atoms with E-state index in [1.807, 2.05) is 25.2 Å². The fourth-order valence-corrected chi connectivity index (χ4v) is 1.80. The van der Waals surface area contributed by atoms with Crippen LogP contribution in [0.2, 0.25) is 0 Å². The van der Waals surface area contributed by atoms with E-state index in [4.69, 9.17) is 5.73 Å². The first-order chi connectivity index (χ1) is 8.61. The first kappa shape index (κ1) is 12.3. The highest BCUT2D eigenvalue weighted by Gasteiger charge is 2.06. The molecule has 2 rings (SSSR count). The summed E-state index contributed by atoms with van der Waals surface area (Å²) < 4.78 is 1.65. The van der Waals surface area contributed by atoms with Gasteiger partial charge in [-0.3, -0.25) is 4.79 Å². The standard InChI is InChI=1S/C13H16N4O/c1-9-5-12(4-3-10(9)6-15-2)17-8-11(7-16-17)13(14)18/h3-5,7-8,15H,6H2,1-2H3,(H2,14,18). The highest BCUT2D eigenvalue weighted by atomic mass is 16.1. The number of hydrogen-bond donors (Lipinski definition) is 2. The summed E-state index contributed by atoms with van der Waals surface area (Å²) >= 11 is 0. The molecule has 0 atom stereocenters. The minimum Gasteiger partial charge on any atom is -0.366 e. The van der Waals surface area contributed by atoms with Crippen molar-refractivity contribution in [2.75, 3.05) is 7.05 Å². The number of benzene rings is 1. The van der Waals surface area contributed by atoms with Gasteiger partial charge in [-0.1, -0.05) is 6.07 Å². The molecule has 3 N–H and O–H groups in total. The van der Waals surface area contributed by atoms with Crippen molar-refractivity contribution in [3.63, 3.8) is 0 Å². The lowest BCUT2D eigenvalue weighted by Gasteiger charge is -2.08. The number of hydrogen-bond acceptors (Lipinski definition) is 3. The van der Waals surface area contributed by atoms with Crippen molar-refractivity contribution in [3.8, 4) is 5.69 Å². The molecule has 0 radical (unpaired) electrons. The van der Waals surface area contributed by atoms with Gasteiger partial charge in [0, 0.05) is 12.7 Å². The minimum absolute atomic E-state index is 0.409. The van der Waals surface area contributed by atoms with Gasteiger partial charge in [0.05, 0.1) is 17.4 Å². The van der Waals surface area contributed by atoms with Crippen LogP contribution in [0.25, 0.3) is 5.69 Å². The van der Waals surface area contributed by atoms with E-state index in [1.54, 1.807) is 10.9 Å². The molecule has 0 bridgehead atoms. The van der Waals surface area contributed by atoms with E-state index in [0.29, 0.717) is 5.56 Å². The predicted molar refractivity (Wildman–Crippen MR) is 69.6 cm³/mol. The zero-order valence-electron chi connectivity index (χ0n) is 10.5. The number of nitrogens with one attached hydrogen (secondary N) is 1. The molecule has 0 saturated heterocycles. The number of aromatic nitrogens is 2. The molecular formula is C13H16N4O. The molecule has 5 heteroatoms. The first-order valence-electron chi connectivity index (χ1n) is 5.71. The molecule has 1 aromatic heterocycles. The summed E-state index contributed by atoms with van der Waals surface area (Å²) in [5.41, 5.74) is 8.94. The largest absolute Gasteiger partial charge is 0.366 e. The van der Waals surface area contributed by atoms with Crippen molar-refractivity contribution in [1.82, 2.24) is 15.1 Å². The van der Waals surface area contributed by atoms with Gasteiger partial charge in [0.2, 0.25) is 0 Å². The fraction of sp³-hybridized carbons (Fsp3) is 0.231.